The highest BCUT2D eigenvalue weighted by atomic mass is 14.9. The van der Waals surface area contributed by atoms with Crippen LogP contribution in [0.3, 0.4) is 0 Å². The number of benzene rings is 5. The molecule has 1 nitrogen and oxygen atoms in total. The first-order chi connectivity index (χ1) is 16.6. The molecule has 0 aliphatic carbocycles. The molecule has 1 heteroatoms. The SMILES string of the molecule is CC(C)(C)c1ccc2cc3c(cc2c1)c1cccc2c4cc5cc(C(C)(C)C)ccc5cc4n3c12. The molecule has 0 aliphatic rings. The molecule has 0 fully saturated rings. The van der Waals surface area contributed by atoms with Gasteiger partial charge in [-0.25, -0.2) is 0 Å². The van der Waals surface area contributed by atoms with Crippen molar-refractivity contribution >= 4 is 59.6 Å². The fourth-order valence-corrected chi connectivity index (χ4v) is 5.90. The number of nitrogens with zero attached hydrogens (tertiary/aromatic N) is 1. The number of hydrogen-bond acceptors (Lipinski definition) is 0. The van der Waals surface area contributed by atoms with Gasteiger partial charge in [0.2, 0.25) is 0 Å². The molecule has 2 heterocycles. The maximum Gasteiger partial charge on any atom is 0.0620 e. The summed E-state index contributed by atoms with van der Waals surface area (Å²) in [6.45, 7) is 13.7. The third-order valence-electron chi connectivity index (χ3n) is 7.96. The van der Waals surface area contributed by atoms with Crippen molar-refractivity contribution in [2.24, 2.45) is 0 Å². The molecular formula is C34H31N. The molecule has 0 N–H and O–H groups in total. The van der Waals surface area contributed by atoms with Gasteiger partial charge in [-0.15, -0.1) is 0 Å². The first-order valence-corrected chi connectivity index (χ1v) is 12.7. The van der Waals surface area contributed by atoms with Gasteiger partial charge in [-0.3, -0.25) is 0 Å². The molecule has 0 amide bonds. The molecule has 0 atom stereocenters. The molecule has 7 rings (SSSR count). The Balaban J connectivity index is 1.61. The van der Waals surface area contributed by atoms with E-state index in [-0.39, 0.29) is 10.8 Å². The monoisotopic (exact) mass is 453 g/mol. The summed E-state index contributed by atoms with van der Waals surface area (Å²) in [5.41, 5.74) is 6.99. The van der Waals surface area contributed by atoms with Crippen LogP contribution in [0.25, 0.3) is 59.6 Å². The van der Waals surface area contributed by atoms with Crippen molar-refractivity contribution in [1.29, 1.82) is 0 Å². The lowest BCUT2D eigenvalue weighted by molar-refractivity contribution is 0.591. The van der Waals surface area contributed by atoms with Crippen LogP contribution in [0.4, 0.5) is 0 Å². The second kappa shape index (κ2) is 6.55. The Morgan fingerprint density at radius 2 is 0.914 bits per heavy atom. The molecule has 0 saturated heterocycles. The van der Waals surface area contributed by atoms with Crippen LogP contribution in [0.1, 0.15) is 52.7 Å². The van der Waals surface area contributed by atoms with Gasteiger partial charge < -0.3 is 4.40 Å². The van der Waals surface area contributed by atoms with Crippen LogP contribution in [-0.2, 0) is 10.8 Å². The van der Waals surface area contributed by atoms with Gasteiger partial charge in [0.15, 0.2) is 0 Å². The van der Waals surface area contributed by atoms with Crippen molar-refractivity contribution < 1.29 is 0 Å². The van der Waals surface area contributed by atoms with E-state index in [0.717, 1.165) is 0 Å². The fourth-order valence-electron chi connectivity index (χ4n) is 5.90. The minimum atomic E-state index is 0.141. The molecule has 172 valence electrons. The molecule has 5 aromatic carbocycles. The summed E-state index contributed by atoms with van der Waals surface area (Å²) in [4.78, 5) is 0. The van der Waals surface area contributed by atoms with Crippen LogP contribution in [0, 0.1) is 0 Å². The Morgan fingerprint density at radius 1 is 0.457 bits per heavy atom. The molecule has 0 aliphatic heterocycles. The van der Waals surface area contributed by atoms with Crippen LogP contribution in [0.5, 0.6) is 0 Å². The molecule has 0 saturated carbocycles. The smallest absolute Gasteiger partial charge is 0.0620 e. The quantitative estimate of drug-likeness (QED) is 0.215. The maximum atomic E-state index is 2.50. The highest BCUT2D eigenvalue weighted by Gasteiger charge is 2.20. The summed E-state index contributed by atoms with van der Waals surface area (Å²) in [7, 11) is 0. The van der Waals surface area contributed by atoms with E-state index in [1.165, 1.54) is 70.8 Å². The summed E-state index contributed by atoms with van der Waals surface area (Å²) in [5, 5.41) is 10.6. The third-order valence-corrected chi connectivity index (χ3v) is 7.96. The number of hydrogen-bond donors (Lipinski definition) is 0. The minimum Gasteiger partial charge on any atom is -0.308 e. The van der Waals surface area contributed by atoms with Gasteiger partial charge in [-0.1, -0.05) is 96.1 Å². The number of rotatable bonds is 0. The number of para-hydroxylation sites is 1. The number of aromatic nitrogens is 1. The van der Waals surface area contributed by atoms with Gasteiger partial charge in [-0.2, -0.15) is 0 Å². The molecule has 35 heavy (non-hydrogen) atoms. The Labute approximate surface area is 206 Å². The van der Waals surface area contributed by atoms with Crippen LogP contribution in [0.15, 0.2) is 78.9 Å². The van der Waals surface area contributed by atoms with Gasteiger partial charge in [0.1, 0.15) is 0 Å². The van der Waals surface area contributed by atoms with E-state index < -0.39 is 0 Å². The maximum absolute atomic E-state index is 2.50. The van der Waals surface area contributed by atoms with E-state index in [2.05, 4.69) is 125 Å². The Hall–Kier alpha value is -3.58. The van der Waals surface area contributed by atoms with Crippen molar-refractivity contribution in [3.63, 3.8) is 0 Å². The van der Waals surface area contributed by atoms with Crippen LogP contribution >= 0.6 is 0 Å². The standard InChI is InChI=1S/C34H31N/c1-33(2,3)24-12-10-20-18-30-28(16-22(20)14-24)26-8-7-9-27-29-17-23-15-25(34(4,5)6)13-11-21(23)19-31(29)35(30)32(26)27/h7-19H,1-6H3. The van der Waals surface area contributed by atoms with Crippen molar-refractivity contribution in [1.82, 2.24) is 4.40 Å². The molecule has 0 radical (unpaired) electrons. The third kappa shape index (κ3) is 2.88. The lowest BCUT2D eigenvalue weighted by Gasteiger charge is -2.19. The van der Waals surface area contributed by atoms with Crippen molar-refractivity contribution in [2.75, 3.05) is 0 Å². The van der Waals surface area contributed by atoms with Crippen molar-refractivity contribution in [3.05, 3.63) is 90.0 Å². The zero-order chi connectivity index (χ0) is 24.3. The average Bonchev–Trinajstić information content (AvgIpc) is 3.30. The summed E-state index contributed by atoms with van der Waals surface area (Å²) >= 11 is 0. The van der Waals surface area contributed by atoms with Crippen LogP contribution < -0.4 is 0 Å². The zero-order valence-corrected chi connectivity index (χ0v) is 21.5. The summed E-state index contributed by atoms with van der Waals surface area (Å²) in [6.07, 6.45) is 0. The van der Waals surface area contributed by atoms with E-state index in [1.807, 2.05) is 0 Å². The molecule has 2 aromatic heterocycles. The normalized spacial score (nSPS) is 13.4. The van der Waals surface area contributed by atoms with Gasteiger partial charge in [0.05, 0.1) is 16.6 Å². The fraction of sp³-hybridized carbons (Fsp3) is 0.235. The van der Waals surface area contributed by atoms with Crippen molar-refractivity contribution in [2.45, 2.75) is 52.4 Å². The summed E-state index contributed by atoms with van der Waals surface area (Å²) in [6, 6.07) is 30.3. The molecule has 7 aromatic rings. The molecule has 0 bridgehead atoms. The topological polar surface area (TPSA) is 4.41 Å². The van der Waals surface area contributed by atoms with Crippen LogP contribution in [0.2, 0.25) is 0 Å². The first-order valence-electron chi connectivity index (χ1n) is 12.7. The lowest BCUT2D eigenvalue weighted by Crippen LogP contribution is -2.10. The molecule has 0 unspecified atom stereocenters. The Morgan fingerprint density at radius 3 is 1.34 bits per heavy atom. The van der Waals surface area contributed by atoms with Gasteiger partial charge in [0, 0.05) is 21.5 Å². The molecular weight excluding hydrogens is 422 g/mol. The second-order valence-corrected chi connectivity index (χ2v) is 12.4. The first kappa shape index (κ1) is 20.8. The van der Waals surface area contributed by atoms with E-state index in [9.17, 15) is 0 Å². The highest BCUT2D eigenvalue weighted by Crippen LogP contribution is 2.42. The summed E-state index contributed by atoms with van der Waals surface area (Å²) < 4.78 is 2.50. The van der Waals surface area contributed by atoms with E-state index in [0.29, 0.717) is 0 Å². The largest absolute Gasteiger partial charge is 0.308 e. The number of fused-ring (bicyclic) bond motifs is 8. The predicted octanol–water partition coefficient (Wildman–Crippen LogP) is 9.74. The predicted molar refractivity (Wildman–Crippen MR) is 154 cm³/mol. The minimum absolute atomic E-state index is 0.141. The lowest BCUT2D eigenvalue weighted by atomic mass is 9.85. The summed E-state index contributed by atoms with van der Waals surface area (Å²) in [5.74, 6) is 0. The van der Waals surface area contributed by atoms with E-state index in [4.69, 9.17) is 0 Å². The zero-order valence-electron chi connectivity index (χ0n) is 21.5. The Bertz CT molecular complexity index is 1810. The molecule has 0 spiro atoms. The average molecular weight is 454 g/mol. The van der Waals surface area contributed by atoms with Gasteiger partial charge in [-0.05, 0) is 67.8 Å². The second-order valence-electron chi connectivity index (χ2n) is 12.4. The Kier molecular flexibility index (Phi) is 3.88. The van der Waals surface area contributed by atoms with E-state index in [1.54, 1.807) is 0 Å². The van der Waals surface area contributed by atoms with Gasteiger partial charge >= 0.3 is 0 Å². The van der Waals surface area contributed by atoms with Crippen LogP contribution in [-0.4, -0.2) is 4.40 Å². The van der Waals surface area contributed by atoms with Crippen molar-refractivity contribution in [3.8, 4) is 0 Å². The van der Waals surface area contributed by atoms with E-state index >= 15 is 0 Å². The highest BCUT2D eigenvalue weighted by molar-refractivity contribution is 6.25. The van der Waals surface area contributed by atoms with Gasteiger partial charge in [0.25, 0.3) is 0 Å².